The topological polar surface area (TPSA) is 123 Å². The molecule has 0 saturated heterocycles. The lowest BCUT2D eigenvalue weighted by Gasteiger charge is -2.11. The number of carbonyl (C=O) groups is 1. The lowest BCUT2D eigenvalue weighted by atomic mass is 10.2. The Hall–Kier alpha value is -4.10. The van der Waals surface area contributed by atoms with Crippen LogP contribution in [0.15, 0.2) is 82.9 Å². The number of amides is 1. The lowest BCUT2D eigenvalue weighted by molar-refractivity contribution is -0.0436. The van der Waals surface area contributed by atoms with E-state index >= 15 is 0 Å². The van der Waals surface area contributed by atoms with Crippen LogP contribution in [0.4, 0.5) is 18.9 Å². The van der Waals surface area contributed by atoms with Gasteiger partial charge in [0, 0.05) is 6.20 Å². The number of nitrogens with zero attached hydrogens (tertiary/aromatic N) is 3. The number of halogens is 4. The molecule has 0 spiro atoms. The van der Waals surface area contributed by atoms with Gasteiger partial charge in [-0.3, -0.25) is 14.3 Å². The molecule has 4 aromatic rings. The molecule has 14 heteroatoms. The predicted molar refractivity (Wildman–Crippen MR) is 128 cm³/mol. The molecule has 0 radical (unpaired) electrons. The summed E-state index contributed by atoms with van der Waals surface area (Å²) in [4.78, 5) is 28.6. The molecule has 2 heterocycles. The summed E-state index contributed by atoms with van der Waals surface area (Å²) in [5.74, 6) is -1.06. The van der Waals surface area contributed by atoms with Gasteiger partial charge in [0.15, 0.2) is 0 Å². The van der Waals surface area contributed by atoms with Crippen molar-refractivity contribution in [1.82, 2.24) is 14.1 Å². The maximum absolute atomic E-state index is 13.0. The summed E-state index contributed by atoms with van der Waals surface area (Å²) in [6.45, 7) is -0.124. The highest BCUT2D eigenvalue weighted by atomic mass is 35.5. The summed E-state index contributed by atoms with van der Waals surface area (Å²) in [7, 11) is -5.57. The van der Waals surface area contributed by atoms with E-state index in [0.29, 0.717) is 17.7 Å². The third-order valence-corrected chi connectivity index (χ3v) is 7.10. The van der Waals surface area contributed by atoms with E-state index in [4.69, 9.17) is 11.6 Å². The average Bonchev–Trinajstić information content (AvgIpc) is 3.12. The number of anilines is 1. The second kappa shape index (κ2) is 9.75. The maximum atomic E-state index is 13.0. The van der Waals surface area contributed by atoms with Crippen molar-refractivity contribution in [3.05, 3.63) is 99.8 Å². The minimum Gasteiger partial charge on any atom is -0.493 e. The summed E-state index contributed by atoms with van der Waals surface area (Å²) < 4.78 is 63.4. The van der Waals surface area contributed by atoms with Gasteiger partial charge >= 0.3 is 11.2 Å². The minimum absolute atomic E-state index is 0.0654. The Balaban J connectivity index is 1.62. The Labute approximate surface area is 212 Å². The fraction of sp³-hybridized carbons (Fsp3) is 0.0870. The molecule has 192 valence electrons. The van der Waals surface area contributed by atoms with Gasteiger partial charge < -0.3 is 10.4 Å². The summed E-state index contributed by atoms with van der Waals surface area (Å²) in [6.07, 6.45) is 3.89. The number of aromatic nitrogens is 3. The third-order valence-electron chi connectivity index (χ3n) is 5.27. The molecule has 0 aliphatic heterocycles. The largest absolute Gasteiger partial charge is 0.501 e. The number of rotatable bonds is 6. The number of benzene rings is 2. The normalized spacial score (nSPS) is 11.9. The number of aromatic hydroxyl groups is 1. The SMILES string of the molecule is O=C(Nc1cnccc1Cn1cc(O)n(-c2ccc(S(=O)(=O)C(F)(F)F)cc2)c1=O)c1ccccc1Cl. The number of carbonyl (C=O) groups excluding carboxylic acids is 1. The quantitative estimate of drug-likeness (QED) is 0.373. The Morgan fingerprint density at radius 1 is 1.08 bits per heavy atom. The van der Waals surface area contributed by atoms with Crippen LogP contribution in [0.25, 0.3) is 5.69 Å². The zero-order valence-corrected chi connectivity index (χ0v) is 20.0. The first-order valence-electron chi connectivity index (χ1n) is 10.3. The Morgan fingerprint density at radius 2 is 1.76 bits per heavy atom. The molecule has 0 atom stereocenters. The van der Waals surface area contributed by atoms with Crippen molar-refractivity contribution in [2.75, 3.05) is 5.32 Å². The first kappa shape index (κ1) is 26.0. The van der Waals surface area contributed by atoms with Crippen molar-refractivity contribution in [1.29, 1.82) is 0 Å². The van der Waals surface area contributed by atoms with E-state index in [1.165, 1.54) is 18.5 Å². The lowest BCUT2D eigenvalue weighted by Crippen LogP contribution is -2.25. The van der Waals surface area contributed by atoms with E-state index in [-0.39, 0.29) is 28.5 Å². The van der Waals surface area contributed by atoms with Crippen LogP contribution in [0.5, 0.6) is 5.88 Å². The highest BCUT2D eigenvalue weighted by molar-refractivity contribution is 7.92. The molecular weight excluding hydrogens is 537 g/mol. The predicted octanol–water partition coefficient (Wildman–Crippen LogP) is 3.99. The van der Waals surface area contributed by atoms with E-state index in [1.54, 1.807) is 24.3 Å². The van der Waals surface area contributed by atoms with Gasteiger partial charge in [0.25, 0.3) is 15.7 Å². The third kappa shape index (κ3) is 5.08. The number of imidazole rings is 1. The molecule has 0 fully saturated rings. The fourth-order valence-electron chi connectivity index (χ4n) is 3.43. The maximum Gasteiger partial charge on any atom is 0.501 e. The molecule has 0 bridgehead atoms. The molecule has 2 aromatic heterocycles. The molecule has 37 heavy (non-hydrogen) atoms. The second-order valence-corrected chi connectivity index (χ2v) is 9.99. The van der Waals surface area contributed by atoms with Crippen molar-refractivity contribution in [3.63, 3.8) is 0 Å². The molecule has 0 aliphatic rings. The number of pyridine rings is 1. The number of nitrogens with one attached hydrogen (secondary N) is 1. The van der Waals surface area contributed by atoms with Crippen LogP contribution in [0.1, 0.15) is 15.9 Å². The molecule has 2 N–H and O–H groups in total. The van der Waals surface area contributed by atoms with E-state index in [9.17, 15) is 36.3 Å². The van der Waals surface area contributed by atoms with Crippen molar-refractivity contribution >= 4 is 33.0 Å². The van der Waals surface area contributed by atoms with Gasteiger partial charge in [0.05, 0.1) is 45.8 Å². The number of sulfone groups is 1. The number of hydrogen-bond donors (Lipinski definition) is 2. The summed E-state index contributed by atoms with van der Waals surface area (Å²) in [5, 5.41) is 13.3. The first-order chi connectivity index (χ1) is 17.4. The Morgan fingerprint density at radius 3 is 2.41 bits per heavy atom. The van der Waals surface area contributed by atoms with Crippen molar-refractivity contribution in [3.8, 4) is 11.6 Å². The highest BCUT2D eigenvalue weighted by Gasteiger charge is 2.46. The van der Waals surface area contributed by atoms with Crippen molar-refractivity contribution in [2.45, 2.75) is 16.9 Å². The molecule has 4 rings (SSSR count). The summed E-state index contributed by atoms with van der Waals surface area (Å²) in [6, 6.07) is 11.2. The van der Waals surface area contributed by atoms with Crippen LogP contribution in [-0.2, 0) is 16.4 Å². The number of hydrogen-bond acceptors (Lipinski definition) is 6. The van der Waals surface area contributed by atoms with Crippen LogP contribution < -0.4 is 11.0 Å². The standard InChI is InChI=1S/C23H16ClF3N4O5S/c24-18-4-2-1-3-17(18)21(33)29-19-11-28-10-9-14(19)12-30-13-20(32)31(22(30)34)15-5-7-16(8-6-15)37(35,36)23(25,26)27/h1-11,13,32H,12H2,(H,29,33). The van der Waals surface area contributed by atoms with E-state index in [0.717, 1.165) is 27.5 Å². The monoisotopic (exact) mass is 552 g/mol. The summed E-state index contributed by atoms with van der Waals surface area (Å²) in [5.41, 5.74) is -5.39. The molecule has 0 unspecified atom stereocenters. The van der Waals surface area contributed by atoms with Gasteiger partial charge in [-0.25, -0.2) is 17.8 Å². The molecular formula is C23H16ClF3N4O5S. The summed E-state index contributed by atoms with van der Waals surface area (Å²) >= 11 is 6.07. The van der Waals surface area contributed by atoms with Gasteiger partial charge in [-0.1, -0.05) is 23.7 Å². The first-order valence-corrected chi connectivity index (χ1v) is 12.2. The van der Waals surface area contributed by atoms with Crippen molar-refractivity contribution < 1.29 is 31.5 Å². The van der Waals surface area contributed by atoms with Crippen LogP contribution in [0.2, 0.25) is 5.02 Å². The van der Waals surface area contributed by atoms with Crippen LogP contribution in [0, 0.1) is 0 Å². The zero-order chi connectivity index (χ0) is 27.0. The number of alkyl halides is 3. The van der Waals surface area contributed by atoms with Gasteiger partial charge in [-0.2, -0.15) is 13.2 Å². The molecule has 2 aromatic carbocycles. The smallest absolute Gasteiger partial charge is 0.493 e. The zero-order valence-electron chi connectivity index (χ0n) is 18.5. The molecule has 0 aliphatic carbocycles. The van der Waals surface area contributed by atoms with Crippen LogP contribution in [0.3, 0.4) is 0 Å². The Bertz CT molecular complexity index is 1650. The minimum atomic E-state index is -5.57. The van der Waals surface area contributed by atoms with Gasteiger partial charge in [0.1, 0.15) is 0 Å². The molecule has 1 amide bonds. The van der Waals surface area contributed by atoms with Gasteiger partial charge in [-0.05, 0) is 48.0 Å². The Kier molecular flexibility index (Phi) is 6.84. The van der Waals surface area contributed by atoms with E-state index < -0.39 is 37.7 Å². The van der Waals surface area contributed by atoms with Gasteiger partial charge in [0.2, 0.25) is 5.88 Å². The highest BCUT2D eigenvalue weighted by Crippen LogP contribution is 2.31. The fourth-order valence-corrected chi connectivity index (χ4v) is 4.42. The van der Waals surface area contributed by atoms with E-state index in [2.05, 4.69) is 10.3 Å². The van der Waals surface area contributed by atoms with Crippen molar-refractivity contribution in [2.24, 2.45) is 0 Å². The van der Waals surface area contributed by atoms with Gasteiger partial charge in [-0.15, -0.1) is 0 Å². The second-order valence-electron chi connectivity index (χ2n) is 7.64. The average molecular weight is 553 g/mol. The molecule has 0 saturated carbocycles. The molecule has 9 nitrogen and oxygen atoms in total. The van der Waals surface area contributed by atoms with Crippen LogP contribution >= 0.6 is 11.6 Å². The van der Waals surface area contributed by atoms with Crippen LogP contribution in [-0.4, -0.2) is 39.1 Å². The van der Waals surface area contributed by atoms with E-state index in [1.807, 2.05) is 0 Å².